The first-order valence-corrected chi connectivity index (χ1v) is 9.78. The number of rotatable bonds is 6. The average molecular weight is 343 g/mol. The number of carbonyl (C=O) groups is 1. The van der Waals surface area contributed by atoms with Crippen LogP contribution in [0.15, 0.2) is 4.34 Å². The van der Waals surface area contributed by atoms with E-state index in [1.165, 1.54) is 35.9 Å². The second-order valence-electron chi connectivity index (χ2n) is 6.15. The van der Waals surface area contributed by atoms with Crippen molar-refractivity contribution in [2.24, 2.45) is 5.92 Å². The van der Waals surface area contributed by atoms with Gasteiger partial charge in [-0.2, -0.15) is 0 Å². The molecule has 0 aromatic carbocycles. The van der Waals surface area contributed by atoms with Crippen molar-refractivity contribution in [2.45, 2.75) is 56.0 Å². The molecular formula is C15H26N4OS2. The van der Waals surface area contributed by atoms with Crippen LogP contribution in [0.1, 0.15) is 46.5 Å². The fraction of sp³-hybridized carbons (Fsp3) is 0.800. The first-order chi connectivity index (χ1) is 10.6. The van der Waals surface area contributed by atoms with Gasteiger partial charge in [0.05, 0.1) is 5.25 Å². The van der Waals surface area contributed by atoms with Crippen molar-refractivity contribution in [3.05, 3.63) is 0 Å². The number of hydrogen-bond acceptors (Lipinski definition) is 6. The quantitative estimate of drug-likeness (QED) is 0.802. The molecule has 0 aliphatic carbocycles. The lowest BCUT2D eigenvalue weighted by Gasteiger charge is -2.23. The number of carbonyl (C=O) groups excluding carboxylic acids is 1. The normalized spacial score (nSPS) is 17.4. The Morgan fingerprint density at radius 1 is 1.23 bits per heavy atom. The highest BCUT2D eigenvalue weighted by molar-refractivity contribution is 8.02. The topological polar surface area (TPSA) is 58.1 Å². The first kappa shape index (κ1) is 17.5. The molecule has 124 valence electrons. The summed E-state index contributed by atoms with van der Waals surface area (Å²) in [4.78, 5) is 14.5. The van der Waals surface area contributed by atoms with Crippen LogP contribution in [-0.4, -0.2) is 45.9 Å². The summed E-state index contributed by atoms with van der Waals surface area (Å²) in [5.41, 5.74) is 0. The zero-order valence-electron chi connectivity index (χ0n) is 13.7. The van der Waals surface area contributed by atoms with E-state index in [4.69, 9.17) is 0 Å². The fourth-order valence-corrected chi connectivity index (χ4v) is 4.36. The second kappa shape index (κ2) is 8.72. The number of anilines is 1. The number of amides is 1. The smallest absolute Gasteiger partial charge is 0.235 e. The van der Waals surface area contributed by atoms with Crippen molar-refractivity contribution in [1.29, 1.82) is 0 Å². The van der Waals surface area contributed by atoms with Gasteiger partial charge in [-0.05, 0) is 25.7 Å². The third-order valence-electron chi connectivity index (χ3n) is 3.61. The molecule has 5 nitrogen and oxygen atoms in total. The molecule has 0 unspecified atom stereocenters. The molecule has 1 aliphatic heterocycles. The maximum atomic E-state index is 12.5. The van der Waals surface area contributed by atoms with Gasteiger partial charge in [-0.3, -0.25) is 4.79 Å². The van der Waals surface area contributed by atoms with Gasteiger partial charge < -0.3 is 10.2 Å². The van der Waals surface area contributed by atoms with Crippen molar-refractivity contribution in [2.75, 3.05) is 25.0 Å². The minimum atomic E-state index is -0.0935. The van der Waals surface area contributed by atoms with Crippen LogP contribution in [0.2, 0.25) is 0 Å². The van der Waals surface area contributed by atoms with Crippen molar-refractivity contribution in [3.8, 4) is 0 Å². The zero-order valence-corrected chi connectivity index (χ0v) is 15.3. The average Bonchev–Trinajstić information content (AvgIpc) is 2.75. The Hall–Kier alpha value is -0.820. The number of hydrogen-bond donors (Lipinski definition) is 1. The molecular weight excluding hydrogens is 316 g/mol. The molecule has 1 aliphatic rings. The number of aromatic nitrogens is 2. The van der Waals surface area contributed by atoms with E-state index in [1.807, 2.05) is 11.8 Å². The monoisotopic (exact) mass is 342 g/mol. The van der Waals surface area contributed by atoms with E-state index in [9.17, 15) is 4.79 Å². The van der Waals surface area contributed by atoms with Gasteiger partial charge >= 0.3 is 0 Å². The Morgan fingerprint density at radius 3 is 2.55 bits per heavy atom. The molecule has 0 spiro atoms. The van der Waals surface area contributed by atoms with Crippen molar-refractivity contribution >= 4 is 34.1 Å². The Bertz CT molecular complexity index is 470. The highest BCUT2D eigenvalue weighted by Gasteiger charge is 2.23. The summed E-state index contributed by atoms with van der Waals surface area (Å²) in [6, 6.07) is 0. The van der Waals surface area contributed by atoms with E-state index in [-0.39, 0.29) is 11.2 Å². The van der Waals surface area contributed by atoms with E-state index in [0.29, 0.717) is 5.92 Å². The van der Waals surface area contributed by atoms with E-state index < -0.39 is 0 Å². The predicted octanol–water partition coefficient (Wildman–Crippen LogP) is 3.49. The molecule has 1 saturated heterocycles. The Balaban J connectivity index is 1.85. The van der Waals surface area contributed by atoms with Gasteiger partial charge in [0, 0.05) is 19.6 Å². The summed E-state index contributed by atoms with van der Waals surface area (Å²) in [6.45, 7) is 8.99. The van der Waals surface area contributed by atoms with E-state index in [2.05, 4.69) is 29.4 Å². The van der Waals surface area contributed by atoms with Gasteiger partial charge in [0.15, 0.2) is 4.34 Å². The van der Waals surface area contributed by atoms with Crippen LogP contribution in [0.3, 0.4) is 0 Å². The molecule has 22 heavy (non-hydrogen) atoms. The Kier molecular flexibility index (Phi) is 6.95. The minimum absolute atomic E-state index is 0.0935. The van der Waals surface area contributed by atoms with Gasteiger partial charge in [0.2, 0.25) is 11.0 Å². The van der Waals surface area contributed by atoms with Crippen molar-refractivity contribution < 1.29 is 4.79 Å². The van der Waals surface area contributed by atoms with Gasteiger partial charge in [-0.15, -0.1) is 10.2 Å². The molecule has 1 amide bonds. The number of nitrogens with zero attached hydrogens (tertiary/aromatic N) is 3. The van der Waals surface area contributed by atoms with Crippen molar-refractivity contribution in [1.82, 2.24) is 15.1 Å². The largest absolute Gasteiger partial charge is 0.360 e. The van der Waals surface area contributed by atoms with E-state index in [1.54, 1.807) is 0 Å². The van der Waals surface area contributed by atoms with Crippen molar-refractivity contribution in [3.63, 3.8) is 0 Å². The minimum Gasteiger partial charge on any atom is -0.360 e. The lowest BCUT2D eigenvalue weighted by Crippen LogP contribution is -2.37. The number of nitrogens with one attached hydrogen (secondary N) is 1. The van der Waals surface area contributed by atoms with Gasteiger partial charge in [0.25, 0.3) is 0 Å². The molecule has 1 atom stereocenters. The zero-order chi connectivity index (χ0) is 15.9. The van der Waals surface area contributed by atoms with Crippen LogP contribution < -0.4 is 5.32 Å². The summed E-state index contributed by atoms with van der Waals surface area (Å²) >= 11 is 3.05. The van der Waals surface area contributed by atoms with Gasteiger partial charge in [-0.25, -0.2) is 0 Å². The molecule has 2 heterocycles. The molecule has 2 rings (SSSR count). The first-order valence-electron chi connectivity index (χ1n) is 8.09. The van der Waals surface area contributed by atoms with Crippen LogP contribution in [0, 0.1) is 5.92 Å². The second-order valence-corrected chi connectivity index (χ2v) is 8.71. The highest BCUT2D eigenvalue weighted by atomic mass is 32.2. The summed E-state index contributed by atoms with van der Waals surface area (Å²) < 4.78 is 0.863. The molecule has 1 N–H and O–H groups in total. The molecule has 0 radical (unpaired) electrons. The predicted molar refractivity (Wildman–Crippen MR) is 93.6 cm³/mol. The van der Waals surface area contributed by atoms with Crippen LogP contribution in [-0.2, 0) is 4.79 Å². The summed E-state index contributed by atoms with van der Waals surface area (Å²) in [5.74, 6) is 0.808. The summed E-state index contributed by atoms with van der Waals surface area (Å²) in [6.07, 6.45) is 4.75. The van der Waals surface area contributed by atoms with Crippen LogP contribution in [0.5, 0.6) is 0 Å². The standard InChI is InChI=1S/C15H26N4OS2/c1-11(2)10-16-14-17-18-15(22-14)21-12(3)13(20)19-8-6-4-5-7-9-19/h11-12H,4-10H2,1-3H3,(H,16,17)/t12-/m1/s1. The molecule has 7 heteroatoms. The maximum Gasteiger partial charge on any atom is 0.235 e. The van der Waals surface area contributed by atoms with Crippen LogP contribution in [0.4, 0.5) is 5.13 Å². The lowest BCUT2D eigenvalue weighted by atomic mass is 10.2. The van der Waals surface area contributed by atoms with E-state index >= 15 is 0 Å². The number of likely N-dealkylation sites (tertiary alicyclic amines) is 1. The highest BCUT2D eigenvalue weighted by Crippen LogP contribution is 2.30. The lowest BCUT2D eigenvalue weighted by molar-refractivity contribution is -0.130. The number of thioether (sulfide) groups is 1. The molecule has 1 fully saturated rings. The summed E-state index contributed by atoms with van der Waals surface area (Å²) in [7, 11) is 0. The SMILES string of the molecule is CC(C)CNc1nnc(S[C@H](C)C(=O)N2CCCCCC2)s1. The van der Waals surface area contributed by atoms with Gasteiger partial charge in [-0.1, -0.05) is 49.8 Å². The molecule has 1 aromatic heterocycles. The Morgan fingerprint density at radius 2 is 1.91 bits per heavy atom. The fourth-order valence-electron chi connectivity index (χ4n) is 2.37. The maximum absolute atomic E-state index is 12.5. The summed E-state index contributed by atoms with van der Waals surface area (Å²) in [5, 5.41) is 12.3. The van der Waals surface area contributed by atoms with Gasteiger partial charge in [0.1, 0.15) is 0 Å². The third kappa shape index (κ3) is 5.43. The molecule has 1 aromatic rings. The Labute approximate surface area is 141 Å². The third-order valence-corrected chi connectivity index (χ3v) is 5.66. The van der Waals surface area contributed by atoms with Crippen LogP contribution >= 0.6 is 23.1 Å². The molecule has 0 saturated carbocycles. The van der Waals surface area contributed by atoms with E-state index in [0.717, 1.165) is 41.9 Å². The van der Waals surface area contributed by atoms with Crippen LogP contribution in [0.25, 0.3) is 0 Å². The molecule has 0 bridgehead atoms.